The van der Waals surface area contributed by atoms with Crippen molar-refractivity contribution in [3.63, 3.8) is 0 Å². The van der Waals surface area contributed by atoms with Gasteiger partial charge in [0.1, 0.15) is 5.84 Å². The van der Waals surface area contributed by atoms with E-state index in [1.165, 1.54) is 21.3 Å². The molecule has 20 heavy (non-hydrogen) atoms. The summed E-state index contributed by atoms with van der Waals surface area (Å²) in [6, 6.07) is 3.45. The van der Waals surface area contributed by atoms with Crippen LogP contribution >= 0.6 is 0 Å². The second-order valence-corrected chi connectivity index (χ2v) is 4.19. The van der Waals surface area contributed by atoms with Crippen LogP contribution in [0.1, 0.15) is 5.56 Å². The molecule has 1 aliphatic heterocycles. The Hall–Kier alpha value is -2.41. The molecule has 0 aliphatic carbocycles. The van der Waals surface area contributed by atoms with Crippen molar-refractivity contribution in [2.45, 2.75) is 5.79 Å². The minimum absolute atomic E-state index is 0.333. The molecule has 0 saturated heterocycles. The summed E-state index contributed by atoms with van der Waals surface area (Å²) in [7, 11) is 4.61. The first-order chi connectivity index (χ1) is 9.54. The fraction of sp³-hybridized carbons (Fsp3) is 0.308. The average molecular weight is 278 g/mol. The smallest absolute Gasteiger partial charge is 0.211 e. The Bertz CT molecular complexity index is 546. The Labute approximate surface area is 117 Å². The van der Waals surface area contributed by atoms with E-state index >= 15 is 0 Å². The van der Waals surface area contributed by atoms with Crippen molar-refractivity contribution >= 4 is 5.84 Å². The molecule has 1 aliphatic rings. The normalized spacial score (nSPS) is 20.9. The van der Waals surface area contributed by atoms with E-state index in [1.807, 2.05) is 0 Å². The molecule has 0 saturated carbocycles. The molecule has 0 fully saturated rings. The van der Waals surface area contributed by atoms with Crippen LogP contribution in [-0.2, 0) is 5.79 Å². The Kier molecular flexibility index (Phi) is 3.71. The standard InChI is InChI=1S/C13H18N4O3/c1-18-9-6-8(7-10(19-2)12(9)20-3)13(15)16-5-4-11(14)17-13/h4-7,16H,15H2,1-3H3,(H2,14,17). The van der Waals surface area contributed by atoms with Gasteiger partial charge in [-0.15, -0.1) is 0 Å². The number of rotatable bonds is 4. The van der Waals surface area contributed by atoms with Gasteiger partial charge in [0.25, 0.3) is 0 Å². The monoisotopic (exact) mass is 278 g/mol. The largest absolute Gasteiger partial charge is 0.493 e. The third-order valence-corrected chi connectivity index (χ3v) is 2.97. The van der Waals surface area contributed by atoms with Gasteiger partial charge in [-0.25, -0.2) is 4.99 Å². The van der Waals surface area contributed by atoms with E-state index in [0.29, 0.717) is 28.6 Å². The number of aliphatic imine (C=N–C) groups is 1. The Morgan fingerprint density at radius 1 is 1.10 bits per heavy atom. The molecular formula is C13H18N4O3. The molecule has 1 aromatic rings. The quantitative estimate of drug-likeness (QED) is 0.729. The summed E-state index contributed by atoms with van der Waals surface area (Å²) < 4.78 is 15.9. The van der Waals surface area contributed by atoms with Crippen molar-refractivity contribution in [3.8, 4) is 17.2 Å². The second-order valence-electron chi connectivity index (χ2n) is 4.19. The predicted molar refractivity (Wildman–Crippen MR) is 75.9 cm³/mol. The van der Waals surface area contributed by atoms with E-state index in [4.69, 9.17) is 25.7 Å². The molecule has 7 heteroatoms. The summed E-state index contributed by atoms with van der Waals surface area (Å²) in [4.78, 5) is 4.21. The van der Waals surface area contributed by atoms with Crippen LogP contribution in [0.2, 0.25) is 0 Å². The lowest BCUT2D eigenvalue weighted by Gasteiger charge is -2.29. The van der Waals surface area contributed by atoms with Crippen LogP contribution in [0.15, 0.2) is 29.4 Å². The second kappa shape index (κ2) is 5.30. The first-order valence-corrected chi connectivity index (χ1v) is 5.93. The lowest BCUT2D eigenvalue weighted by atomic mass is 10.1. The van der Waals surface area contributed by atoms with Gasteiger partial charge in [0.05, 0.1) is 21.3 Å². The van der Waals surface area contributed by atoms with Crippen molar-refractivity contribution in [1.82, 2.24) is 5.32 Å². The number of hydrogen-bond donors (Lipinski definition) is 3. The number of benzene rings is 1. The van der Waals surface area contributed by atoms with Gasteiger partial charge in [0.2, 0.25) is 11.5 Å². The number of methoxy groups -OCH3 is 3. The maximum atomic E-state index is 6.23. The van der Waals surface area contributed by atoms with Crippen LogP contribution in [0.25, 0.3) is 0 Å². The topological polar surface area (TPSA) is 104 Å². The molecule has 1 unspecified atom stereocenters. The number of amidine groups is 1. The summed E-state index contributed by atoms with van der Waals surface area (Å²) in [6.07, 6.45) is 3.27. The molecule has 0 aromatic heterocycles. The van der Waals surface area contributed by atoms with Gasteiger partial charge in [-0.05, 0) is 18.2 Å². The molecule has 1 heterocycles. The van der Waals surface area contributed by atoms with Crippen molar-refractivity contribution in [2.24, 2.45) is 16.5 Å². The van der Waals surface area contributed by atoms with E-state index in [2.05, 4.69) is 10.3 Å². The minimum Gasteiger partial charge on any atom is -0.493 e. The number of hydrogen-bond acceptors (Lipinski definition) is 7. The SMILES string of the molecule is COc1cc(C2(N)N=C(N)C=CN2)cc(OC)c1OC. The number of ether oxygens (including phenoxy) is 3. The zero-order chi connectivity index (χ0) is 14.8. The lowest BCUT2D eigenvalue weighted by molar-refractivity contribution is 0.319. The highest BCUT2D eigenvalue weighted by molar-refractivity contribution is 5.92. The highest BCUT2D eigenvalue weighted by Crippen LogP contribution is 2.40. The van der Waals surface area contributed by atoms with Gasteiger partial charge in [0.15, 0.2) is 11.5 Å². The number of nitrogens with two attached hydrogens (primary N) is 2. The van der Waals surface area contributed by atoms with Gasteiger partial charge in [0, 0.05) is 11.8 Å². The molecular weight excluding hydrogens is 260 g/mol. The summed E-state index contributed by atoms with van der Waals surface area (Å²) in [5, 5.41) is 2.96. The number of nitrogens with zero attached hydrogens (tertiary/aromatic N) is 1. The van der Waals surface area contributed by atoms with Gasteiger partial charge in [-0.1, -0.05) is 0 Å². The van der Waals surface area contributed by atoms with Crippen molar-refractivity contribution in [3.05, 3.63) is 30.0 Å². The lowest BCUT2D eigenvalue weighted by Crippen LogP contribution is -2.49. The molecule has 2 rings (SSSR count). The first-order valence-electron chi connectivity index (χ1n) is 5.93. The minimum atomic E-state index is -1.17. The third kappa shape index (κ3) is 2.35. The van der Waals surface area contributed by atoms with E-state index in [-0.39, 0.29) is 0 Å². The van der Waals surface area contributed by atoms with Crippen molar-refractivity contribution in [1.29, 1.82) is 0 Å². The zero-order valence-corrected chi connectivity index (χ0v) is 11.6. The van der Waals surface area contributed by atoms with Crippen LogP contribution in [0.3, 0.4) is 0 Å². The Balaban J connectivity index is 2.55. The van der Waals surface area contributed by atoms with Gasteiger partial charge in [-0.2, -0.15) is 0 Å². The zero-order valence-electron chi connectivity index (χ0n) is 11.6. The molecule has 0 bridgehead atoms. The summed E-state index contributed by atoms with van der Waals surface area (Å²) in [5.74, 6) is 0.644. The van der Waals surface area contributed by atoms with E-state index in [1.54, 1.807) is 24.4 Å². The highest BCUT2D eigenvalue weighted by Gasteiger charge is 2.30. The van der Waals surface area contributed by atoms with Gasteiger partial charge >= 0.3 is 0 Å². The average Bonchev–Trinajstić information content (AvgIpc) is 2.45. The molecule has 0 amide bonds. The van der Waals surface area contributed by atoms with Crippen LogP contribution in [0, 0.1) is 0 Å². The first kappa shape index (κ1) is 14.0. The molecule has 0 spiro atoms. The third-order valence-electron chi connectivity index (χ3n) is 2.97. The summed E-state index contributed by atoms with van der Waals surface area (Å²) in [5.41, 5.74) is 12.6. The Morgan fingerprint density at radius 3 is 2.15 bits per heavy atom. The number of nitrogens with one attached hydrogen (secondary N) is 1. The predicted octanol–water partition coefficient (Wildman–Crippen LogP) is 0.256. The maximum absolute atomic E-state index is 6.23. The molecule has 1 aromatic carbocycles. The van der Waals surface area contributed by atoms with E-state index in [0.717, 1.165) is 0 Å². The molecule has 1 atom stereocenters. The van der Waals surface area contributed by atoms with Gasteiger partial charge < -0.3 is 25.3 Å². The maximum Gasteiger partial charge on any atom is 0.211 e. The summed E-state index contributed by atoms with van der Waals surface area (Å²) in [6.45, 7) is 0. The van der Waals surface area contributed by atoms with Crippen molar-refractivity contribution < 1.29 is 14.2 Å². The highest BCUT2D eigenvalue weighted by atomic mass is 16.5. The van der Waals surface area contributed by atoms with Crippen LogP contribution in [0.5, 0.6) is 17.2 Å². The van der Waals surface area contributed by atoms with Gasteiger partial charge in [-0.3, -0.25) is 5.73 Å². The Morgan fingerprint density at radius 2 is 1.70 bits per heavy atom. The van der Waals surface area contributed by atoms with Crippen LogP contribution < -0.4 is 31.0 Å². The van der Waals surface area contributed by atoms with Crippen LogP contribution in [0.4, 0.5) is 0 Å². The molecule has 7 nitrogen and oxygen atoms in total. The fourth-order valence-corrected chi connectivity index (χ4v) is 1.98. The van der Waals surface area contributed by atoms with Crippen LogP contribution in [-0.4, -0.2) is 27.2 Å². The summed E-state index contributed by atoms with van der Waals surface area (Å²) >= 11 is 0. The van der Waals surface area contributed by atoms with E-state index in [9.17, 15) is 0 Å². The molecule has 0 radical (unpaired) electrons. The van der Waals surface area contributed by atoms with E-state index < -0.39 is 5.79 Å². The van der Waals surface area contributed by atoms with Crippen molar-refractivity contribution in [2.75, 3.05) is 21.3 Å². The molecule has 108 valence electrons. The molecule has 5 N–H and O–H groups in total. The fourth-order valence-electron chi connectivity index (χ4n) is 1.98.